The lowest BCUT2D eigenvalue weighted by Crippen LogP contribution is -2.34. The highest BCUT2D eigenvalue weighted by atomic mass is 79.9. The zero-order valence-electron chi connectivity index (χ0n) is 11.8. The number of carbonyl (C=O) groups is 2. The molecule has 0 radical (unpaired) electrons. The van der Waals surface area contributed by atoms with E-state index in [-0.39, 0.29) is 11.1 Å². The van der Waals surface area contributed by atoms with Gasteiger partial charge in [0.15, 0.2) is 0 Å². The Morgan fingerprint density at radius 2 is 1.87 bits per heavy atom. The summed E-state index contributed by atoms with van der Waals surface area (Å²) in [6.07, 6.45) is 0.547. The van der Waals surface area contributed by atoms with E-state index in [2.05, 4.69) is 21.2 Å². The lowest BCUT2D eigenvalue weighted by molar-refractivity contribution is -0.140. The molecule has 118 valence electrons. The molecule has 3 heterocycles. The molecular formula is C16H11BrFNO4. The third-order valence-corrected chi connectivity index (χ3v) is 4.79. The van der Waals surface area contributed by atoms with Crippen molar-refractivity contribution in [2.75, 3.05) is 13.2 Å². The van der Waals surface area contributed by atoms with E-state index in [4.69, 9.17) is 9.47 Å². The predicted molar refractivity (Wildman–Crippen MR) is 80.6 cm³/mol. The maximum atomic E-state index is 13.6. The van der Waals surface area contributed by atoms with Crippen molar-refractivity contribution in [3.05, 3.63) is 56.6 Å². The SMILES string of the molecule is O=C1OCCC2=C1C(c1ccc(F)c(Br)c1)C1=C(COC1=O)N2. The molecule has 23 heavy (non-hydrogen) atoms. The molecule has 7 heteroatoms. The molecular weight excluding hydrogens is 369 g/mol. The van der Waals surface area contributed by atoms with Crippen molar-refractivity contribution in [3.8, 4) is 0 Å². The molecule has 0 fully saturated rings. The van der Waals surface area contributed by atoms with E-state index in [1.165, 1.54) is 6.07 Å². The lowest BCUT2D eigenvalue weighted by Gasteiger charge is -2.31. The summed E-state index contributed by atoms with van der Waals surface area (Å²) >= 11 is 3.15. The van der Waals surface area contributed by atoms with Crippen LogP contribution in [0.25, 0.3) is 0 Å². The van der Waals surface area contributed by atoms with Crippen molar-refractivity contribution >= 4 is 27.9 Å². The zero-order chi connectivity index (χ0) is 16.1. The summed E-state index contributed by atoms with van der Waals surface area (Å²) in [5, 5.41) is 3.13. The summed E-state index contributed by atoms with van der Waals surface area (Å²) in [4.78, 5) is 24.4. The van der Waals surface area contributed by atoms with Crippen molar-refractivity contribution in [3.63, 3.8) is 0 Å². The van der Waals surface area contributed by atoms with Gasteiger partial charge in [-0.1, -0.05) is 6.07 Å². The molecule has 1 unspecified atom stereocenters. The van der Waals surface area contributed by atoms with Crippen molar-refractivity contribution in [1.29, 1.82) is 0 Å². The molecule has 0 bridgehead atoms. The minimum absolute atomic E-state index is 0.152. The molecule has 0 saturated heterocycles. The molecule has 3 aliphatic rings. The smallest absolute Gasteiger partial charge is 0.337 e. The third-order valence-electron chi connectivity index (χ3n) is 4.18. The Hall–Kier alpha value is -2.15. The van der Waals surface area contributed by atoms with Crippen LogP contribution in [0.15, 0.2) is 45.2 Å². The second kappa shape index (κ2) is 5.19. The van der Waals surface area contributed by atoms with E-state index in [0.29, 0.717) is 35.4 Å². The highest BCUT2D eigenvalue weighted by Crippen LogP contribution is 2.43. The Balaban J connectivity index is 1.91. The van der Waals surface area contributed by atoms with E-state index in [0.717, 1.165) is 5.70 Å². The first-order valence-corrected chi connectivity index (χ1v) is 7.88. The minimum atomic E-state index is -0.610. The van der Waals surface area contributed by atoms with Crippen LogP contribution in [0.1, 0.15) is 17.9 Å². The zero-order valence-corrected chi connectivity index (χ0v) is 13.4. The van der Waals surface area contributed by atoms with Crippen molar-refractivity contribution in [2.24, 2.45) is 0 Å². The van der Waals surface area contributed by atoms with Crippen LogP contribution < -0.4 is 5.32 Å². The van der Waals surface area contributed by atoms with E-state index in [1.807, 2.05) is 0 Å². The predicted octanol–water partition coefficient (Wildman–Crippen LogP) is 2.29. The summed E-state index contributed by atoms with van der Waals surface area (Å²) in [6, 6.07) is 4.45. The van der Waals surface area contributed by atoms with Gasteiger partial charge in [-0.05, 0) is 33.6 Å². The van der Waals surface area contributed by atoms with E-state index in [9.17, 15) is 14.0 Å². The second-order valence-corrected chi connectivity index (χ2v) is 6.33. The number of hydrogen-bond donors (Lipinski definition) is 1. The van der Waals surface area contributed by atoms with Gasteiger partial charge in [-0.25, -0.2) is 14.0 Å². The van der Waals surface area contributed by atoms with Gasteiger partial charge in [0.2, 0.25) is 0 Å². The average molecular weight is 380 g/mol. The van der Waals surface area contributed by atoms with Crippen LogP contribution in [0.2, 0.25) is 0 Å². The van der Waals surface area contributed by atoms with Crippen molar-refractivity contribution < 1.29 is 23.5 Å². The molecule has 0 aliphatic carbocycles. The Bertz CT molecular complexity index is 814. The van der Waals surface area contributed by atoms with Gasteiger partial charge in [0.1, 0.15) is 12.4 Å². The summed E-state index contributed by atoms with van der Waals surface area (Å²) < 4.78 is 24.1. The first-order valence-electron chi connectivity index (χ1n) is 7.08. The number of benzene rings is 1. The van der Waals surface area contributed by atoms with Crippen LogP contribution in [-0.4, -0.2) is 25.2 Å². The average Bonchev–Trinajstić information content (AvgIpc) is 2.90. The highest BCUT2D eigenvalue weighted by molar-refractivity contribution is 9.10. The molecule has 4 rings (SSSR count). The highest BCUT2D eigenvalue weighted by Gasteiger charge is 2.43. The minimum Gasteiger partial charge on any atom is -0.462 e. The van der Waals surface area contributed by atoms with Crippen LogP contribution in [0.5, 0.6) is 0 Å². The third kappa shape index (κ3) is 2.18. The van der Waals surface area contributed by atoms with Gasteiger partial charge in [-0.3, -0.25) is 0 Å². The first-order chi connectivity index (χ1) is 11.1. The summed E-state index contributed by atoms with van der Waals surface area (Å²) in [5.74, 6) is -1.95. The van der Waals surface area contributed by atoms with E-state index < -0.39 is 23.7 Å². The van der Waals surface area contributed by atoms with Crippen LogP contribution in [0.3, 0.4) is 0 Å². The molecule has 0 saturated carbocycles. The number of hydrogen-bond acceptors (Lipinski definition) is 5. The Morgan fingerprint density at radius 3 is 2.65 bits per heavy atom. The van der Waals surface area contributed by atoms with Gasteiger partial charge in [0.05, 0.1) is 33.8 Å². The number of dihydropyridines is 1. The Labute approximate surface area is 139 Å². The number of carbonyl (C=O) groups excluding carboxylic acids is 2. The Morgan fingerprint density at radius 1 is 1.13 bits per heavy atom. The molecule has 0 spiro atoms. The van der Waals surface area contributed by atoms with Gasteiger partial charge in [-0.2, -0.15) is 0 Å². The van der Waals surface area contributed by atoms with Crippen molar-refractivity contribution in [1.82, 2.24) is 5.32 Å². The number of halogens is 2. The number of nitrogens with one attached hydrogen (secondary N) is 1. The fourth-order valence-electron chi connectivity index (χ4n) is 3.17. The largest absolute Gasteiger partial charge is 0.462 e. The molecule has 1 aromatic carbocycles. The fourth-order valence-corrected chi connectivity index (χ4v) is 3.56. The first kappa shape index (κ1) is 14.4. The van der Waals surface area contributed by atoms with E-state index in [1.54, 1.807) is 12.1 Å². The van der Waals surface area contributed by atoms with Gasteiger partial charge in [-0.15, -0.1) is 0 Å². The van der Waals surface area contributed by atoms with Crippen LogP contribution in [-0.2, 0) is 19.1 Å². The molecule has 0 amide bonds. The number of rotatable bonds is 1. The van der Waals surface area contributed by atoms with E-state index >= 15 is 0 Å². The molecule has 1 aromatic rings. The molecule has 0 aromatic heterocycles. The van der Waals surface area contributed by atoms with Gasteiger partial charge < -0.3 is 14.8 Å². The monoisotopic (exact) mass is 379 g/mol. The maximum Gasteiger partial charge on any atom is 0.337 e. The summed E-state index contributed by atoms with van der Waals surface area (Å²) in [5.41, 5.74) is 2.82. The quantitative estimate of drug-likeness (QED) is 0.758. The molecule has 1 N–H and O–H groups in total. The van der Waals surface area contributed by atoms with Gasteiger partial charge in [0, 0.05) is 12.1 Å². The number of cyclic esters (lactones) is 2. The molecule has 5 nitrogen and oxygen atoms in total. The van der Waals surface area contributed by atoms with Crippen molar-refractivity contribution in [2.45, 2.75) is 12.3 Å². The van der Waals surface area contributed by atoms with Crippen LogP contribution >= 0.6 is 15.9 Å². The van der Waals surface area contributed by atoms with Crippen LogP contribution in [0.4, 0.5) is 4.39 Å². The number of ether oxygens (including phenoxy) is 2. The summed E-state index contributed by atoms with van der Waals surface area (Å²) in [7, 11) is 0. The molecule has 3 aliphatic heterocycles. The standard InChI is InChI=1S/C16H11BrFNO4/c17-8-5-7(1-2-9(8)18)12-13-10(3-4-22-15(13)20)19-11-6-23-16(21)14(11)12/h1-2,5,12,19H,3-4,6H2. The topological polar surface area (TPSA) is 64.6 Å². The normalized spacial score (nSPS) is 23.1. The molecule has 1 atom stereocenters. The van der Waals surface area contributed by atoms with Gasteiger partial charge >= 0.3 is 11.9 Å². The van der Waals surface area contributed by atoms with Crippen LogP contribution in [0, 0.1) is 5.82 Å². The second-order valence-electron chi connectivity index (χ2n) is 5.48. The van der Waals surface area contributed by atoms with Gasteiger partial charge in [0.25, 0.3) is 0 Å². The Kier molecular flexibility index (Phi) is 3.26. The fraction of sp³-hybridized carbons (Fsp3) is 0.250. The maximum absolute atomic E-state index is 13.6. The summed E-state index contributed by atoms with van der Waals surface area (Å²) in [6.45, 7) is 0.445. The lowest BCUT2D eigenvalue weighted by atomic mass is 9.80. The number of esters is 2.